The zero-order valence-corrected chi connectivity index (χ0v) is 9.50. The third-order valence-corrected chi connectivity index (χ3v) is 4.91. The molecule has 5 nitrogen and oxygen atoms in total. The van der Waals surface area contributed by atoms with E-state index in [1.54, 1.807) is 6.92 Å². The maximum absolute atomic E-state index is 11.7. The Morgan fingerprint density at radius 1 is 1.60 bits per heavy atom. The Kier molecular flexibility index (Phi) is 4.10. The van der Waals surface area contributed by atoms with Crippen molar-refractivity contribution >= 4 is 15.8 Å². The number of aliphatic carboxylic acids is 1. The highest BCUT2D eigenvalue weighted by Crippen LogP contribution is 2.18. The second-order valence-corrected chi connectivity index (χ2v) is 6.02. The maximum atomic E-state index is 11.7. The van der Waals surface area contributed by atoms with E-state index >= 15 is 0 Å². The third kappa shape index (κ3) is 3.17. The molecule has 1 aliphatic rings. The lowest BCUT2D eigenvalue weighted by Gasteiger charge is -2.13. The Morgan fingerprint density at radius 2 is 2.27 bits per heavy atom. The van der Waals surface area contributed by atoms with Gasteiger partial charge in [-0.2, -0.15) is 0 Å². The molecule has 15 heavy (non-hydrogen) atoms. The molecule has 1 aliphatic heterocycles. The minimum absolute atomic E-state index is 0.0385. The molecule has 0 radical (unpaired) electrons. The highest BCUT2D eigenvalue weighted by Gasteiger charge is 2.33. The number of sulfone groups is 1. The van der Waals surface area contributed by atoms with Crippen LogP contribution in [-0.2, 0) is 19.4 Å². The molecule has 1 heterocycles. The fraction of sp³-hybridized carbons (Fsp3) is 0.889. The van der Waals surface area contributed by atoms with Crippen LogP contribution in [0.1, 0.15) is 19.8 Å². The Labute approximate surface area is 89.3 Å². The number of carbonyl (C=O) groups is 1. The Bertz CT molecular complexity index is 315. The molecule has 0 aromatic heterocycles. The predicted molar refractivity (Wildman–Crippen MR) is 54.4 cm³/mol. The van der Waals surface area contributed by atoms with Gasteiger partial charge in [-0.15, -0.1) is 0 Å². The predicted octanol–water partition coefficient (Wildman–Crippen LogP) is 0.301. The summed E-state index contributed by atoms with van der Waals surface area (Å²) in [6.45, 7) is 2.57. The zero-order chi connectivity index (χ0) is 11.5. The lowest BCUT2D eigenvalue weighted by Crippen LogP contribution is -2.33. The summed E-state index contributed by atoms with van der Waals surface area (Å²) in [7, 11) is -3.53. The minimum Gasteiger partial charge on any atom is -0.480 e. The first-order valence-electron chi connectivity index (χ1n) is 4.99. The van der Waals surface area contributed by atoms with E-state index in [0.29, 0.717) is 19.6 Å². The fourth-order valence-electron chi connectivity index (χ4n) is 1.74. The molecular weight excluding hydrogens is 220 g/mol. The zero-order valence-electron chi connectivity index (χ0n) is 8.68. The minimum atomic E-state index is -3.53. The molecule has 2 unspecified atom stereocenters. The van der Waals surface area contributed by atoms with Crippen molar-refractivity contribution in [3.8, 4) is 0 Å². The van der Waals surface area contributed by atoms with Gasteiger partial charge in [-0.3, -0.25) is 4.79 Å². The van der Waals surface area contributed by atoms with Crippen LogP contribution in [0.25, 0.3) is 0 Å². The quantitative estimate of drug-likeness (QED) is 0.742. The molecule has 0 aliphatic carbocycles. The van der Waals surface area contributed by atoms with Crippen LogP contribution in [0.4, 0.5) is 0 Å². The van der Waals surface area contributed by atoms with Gasteiger partial charge in [0.2, 0.25) is 0 Å². The number of hydrogen-bond donors (Lipinski definition) is 1. The molecule has 6 heteroatoms. The van der Waals surface area contributed by atoms with Gasteiger partial charge in [0.15, 0.2) is 15.1 Å². The van der Waals surface area contributed by atoms with E-state index in [1.807, 2.05) is 0 Å². The number of rotatable bonds is 5. The Hall–Kier alpha value is -0.620. The van der Waals surface area contributed by atoms with Crippen LogP contribution in [0.2, 0.25) is 0 Å². The smallest absolute Gasteiger partial charge is 0.321 e. The van der Waals surface area contributed by atoms with Crippen molar-refractivity contribution < 1.29 is 23.1 Å². The average Bonchev–Trinajstić information content (AvgIpc) is 2.55. The van der Waals surface area contributed by atoms with Crippen molar-refractivity contribution in [1.29, 1.82) is 0 Å². The van der Waals surface area contributed by atoms with E-state index in [0.717, 1.165) is 0 Å². The van der Waals surface area contributed by atoms with Crippen molar-refractivity contribution in [3.05, 3.63) is 0 Å². The molecule has 88 valence electrons. The van der Waals surface area contributed by atoms with E-state index in [4.69, 9.17) is 9.84 Å². The van der Waals surface area contributed by atoms with Gasteiger partial charge in [0, 0.05) is 6.61 Å². The Morgan fingerprint density at radius 3 is 2.67 bits per heavy atom. The van der Waals surface area contributed by atoms with E-state index in [2.05, 4.69) is 0 Å². The van der Waals surface area contributed by atoms with Crippen LogP contribution in [0.15, 0.2) is 0 Å². The Balaban J connectivity index is 2.67. The molecule has 0 amide bonds. The van der Waals surface area contributed by atoms with Crippen LogP contribution in [0.3, 0.4) is 0 Å². The van der Waals surface area contributed by atoms with Crippen molar-refractivity contribution in [3.63, 3.8) is 0 Å². The van der Waals surface area contributed by atoms with Gasteiger partial charge in [-0.1, -0.05) is 6.92 Å². The SMILES string of the molecule is CCC(C(=O)O)S(=O)(=O)CC1CCOC1. The van der Waals surface area contributed by atoms with Gasteiger partial charge in [0.05, 0.1) is 12.4 Å². The summed E-state index contributed by atoms with van der Waals surface area (Å²) in [5.74, 6) is -1.36. The number of carboxylic acids is 1. The number of ether oxygens (including phenoxy) is 1. The van der Waals surface area contributed by atoms with Crippen molar-refractivity contribution in [2.45, 2.75) is 25.0 Å². The molecule has 0 aromatic carbocycles. The normalized spacial score (nSPS) is 23.9. The summed E-state index contributed by atoms with van der Waals surface area (Å²) >= 11 is 0. The van der Waals surface area contributed by atoms with Crippen LogP contribution in [0, 0.1) is 5.92 Å². The first-order valence-corrected chi connectivity index (χ1v) is 6.71. The number of hydrogen-bond acceptors (Lipinski definition) is 4. The fourth-order valence-corrected chi connectivity index (χ4v) is 3.71. The molecule has 0 aromatic rings. The standard InChI is InChI=1S/C9H16O5S/c1-2-8(9(10)11)15(12,13)6-7-3-4-14-5-7/h7-8H,2-6H2,1H3,(H,10,11). The van der Waals surface area contributed by atoms with E-state index in [-0.39, 0.29) is 18.1 Å². The van der Waals surface area contributed by atoms with Crippen LogP contribution < -0.4 is 0 Å². The van der Waals surface area contributed by atoms with Gasteiger partial charge < -0.3 is 9.84 Å². The number of carboxylic acid groups (broad SMARTS) is 1. The second-order valence-electron chi connectivity index (χ2n) is 3.79. The van der Waals surface area contributed by atoms with Crippen LogP contribution in [0.5, 0.6) is 0 Å². The molecular formula is C9H16O5S. The first-order chi connectivity index (χ1) is 6.97. The molecule has 1 N–H and O–H groups in total. The lowest BCUT2D eigenvalue weighted by atomic mass is 10.2. The van der Waals surface area contributed by atoms with Crippen LogP contribution >= 0.6 is 0 Å². The van der Waals surface area contributed by atoms with Crippen molar-refractivity contribution in [2.75, 3.05) is 19.0 Å². The van der Waals surface area contributed by atoms with E-state index in [9.17, 15) is 13.2 Å². The molecule has 0 bridgehead atoms. The molecule has 1 saturated heterocycles. The van der Waals surface area contributed by atoms with Gasteiger partial charge in [-0.25, -0.2) is 8.42 Å². The third-order valence-electron chi connectivity index (χ3n) is 2.57. The molecule has 1 rings (SSSR count). The highest BCUT2D eigenvalue weighted by molar-refractivity contribution is 7.92. The van der Waals surface area contributed by atoms with Gasteiger partial charge in [-0.05, 0) is 18.8 Å². The molecule has 0 spiro atoms. The molecule has 0 saturated carbocycles. The van der Waals surface area contributed by atoms with Gasteiger partial charge in [0.25, 0.3) is 0 Å². The summed E-state index contributed by atoms with van der Waals surface area (Å²) in [5.41, 5.74) is 0. The van der Waals surface area contributed by atoms with Crippen molar-refractivity contribution in [2.24, 2.45) is 5.92 Å². The summed E-state index contributed by atoms with van der Waals surface area (Å²) in [6, 6.07) is 0. The van der Waals surface area contributed by atoms with Crippen LogP contribution in [-0.4, -0.2) is 43.7 Å². The van der Waals surface area contributed by atoms with Gasteiger partial charge in [0.1, 0.15) is 0 Å². The van der Waals surface area contributed by atoms with Gasteiger partial charge >= 0.3 is 5.97 Å². The summed E-state index contributed by atoms with van der Waals surface area (Å²) in [6.07, 6.45) is 0.820. The lowest BCUT2D eigenvalue weighted by molar-refractivity contribution is -0.136. The summed E-state index contributed by atoms with van der Waals surface area (Å²) < 4.78 is 28.5. The molecule has 2 atom stereocenters. The highest BCUT2D eigenvalue weighted by atomic mass is 32.2. The van der Waals surface area contributed by atoms with E-state index < -0.39 is 21.1 Å². The maximum Gasteiger partial charge on any atom is 0.321 e. The monoisotopic (exact) mass is 236 g/mol. The largest absolute Gasteiger partial charge is 0.480 e. The molecule has 1 fully saturated rings. The summed E-state index contributed by atoms with van der Waals surface area (Å²) in [5, 5.41) is 7.51. The summed E-state index contributed by atoms with van der Waals surface area (Å²) in [4.78, 5) is 10.7. The topological polar surface area (TPSA) is 80.7 Å². The average molecular weight is 236 g/mol. The first kappa shape index (κ1) is 12.4. The second kappa shape index (κ2) is 4.94. The van der Waals surface area contributed by atoms with Crippen molar-refractivity contribution in [1.82, 2.24) is 0 Å². The van der Waals surface area contributed by atoms with E-state index in [1.165, 1.54) is 0 Å².